The molecule has 1 aliphatic carbocycles. The Hall–Kier alpha value is -2.29. The number of rotatable bonds is 6. The molecule has 22 heavy (non-hydrogen) atoms. The van der Waals surface area contributed by atoms with Crippen LogP contribution in [0.15, 0.2) is 76.6 Å². The van der Waals surface area contributed by atoms with Gasteiger partial charge in [-0.2, -0.15) is 0 Å². The van der Waals surface area contributed by atoms with E-state index in [0.717, 1.165) is 37.5 Å². The Morgan fingerprint density at radius 2 is 2.27 bits per heavy atom. The van der Waals surface area contributed by atoms with E-state index in [1.54, 1.807) is 7.11 Å². The maximum Gasteiger partial charge on any atom is 0.115 e. The van der Waals surface area contributed by atoms with E-state index in [-0.39, 0.29) is 0 Å². The van der Waals surface area contributed by atoms with Crippen molar-refractivity contribution in [1.82, 2.24) is 5.32 Å². The lowest BCUT2D eigenvalue weighted by molar-refractivity contribution is 0.306. The van der Waals surface area contributed by atoms with Gasteiger partial charge in [0, 0.05) is 13.0 Å². The zero-order valence-electron chi connectivity index (χ0n) is 13.4. The Kier molecular flexibility index (Phi) is 6.01. The van der Waals surface area contributed by atoms with Gasteiger partial charge < -0.3 is 10.1 Å². The van der Waals surface area contributed by atoms with Crippen LogP contribution in [-0.4, -0.2) is 26.0 Å². The Balaban J connectivity index is 2.15. The SMILES string of the molecule is C=C/C(=C\C(=C/C)C1=CCC=C(OC)C=C1)CC1=NCCN1. The van der Waals surface area contributed by atoms with Gasteiger partial charge in [-0.05, 0) is 42.2 Å². The molecule has 0 aromatic carbocycles. The first-order chi connectivity index (χ1) is 10.8. The molecule has 0 fully saturated rings. The number of hydrogen-bond acceptors (Lipinski definition) is 3. The minimum absolute atomic E-state index is 0.805. The summed E-state index contributed by atoms with van der Waals surface area (Å²) in [6, 6.07) is 0. The first-order valence-corrected chi connectivity index (χ1v) is 7.66. The van der Waals surface area contributed by atoms with E-state index >= 15 is 0 Å². The van der Waals surface area contributed by atoms with Gasteiger partial charge in [-0.1, -0.05) is 37.0 Å². The van der Waals surface area contributed by atoms with Crippen LogP contribution >= 0.6 is 0 Å². The van der Waals surface area contributed by atoms with Crippen molar-refractivity contribution in [2.24, 2.45) is 4.99 Å². The second kappa shape index (κ2) is 8.23. The van der Waals surface area contributed by atoms with Crippen molar-refractivity contribution in [3.05, 3.63) is 71.6 Å². The summed E-state index contributed by atoms with van der Waals surface area (Å²) in [4.78, 5) is 4.45. The largest absolute Gasteiger partial charge is 0.497 e. The van der Waals surface area contributed by atoms with Crippen molar-refractivity contribution in [1.29, 1.82) is 0 Å². The second-order valence-corrected chi connectivity index (χ2v) is 5.14. The van der Waals surface area contributed by atoms with Crippen LogP contribution in [-0.2, 0) is 4.74 Å². The summed E-state index contributed by atoms with van der Waals surface area (Å²) in [6.07, 6.45) is 16.3. The third-order valence-electron chi connectivity index (χ3n) is 3.68. The quantitative estimate of drug-likeness (QED) is 0.755. The molecule has 0 unspecified atom stereocenters. The van der Waals surface area contributed by atoms with E-state index in [4.69, 9.17) is 4.74 Å². The van der Waals surface area contributed by atoms with Crippen LogP contribution in [0.5, 0.6) is 0 Å². The van der Waals surface area contributed by atoms with Gasteiger partial charge in [-0.3, -0.25) is 4.99 Å². The number of nitrogens with one attached hydrogen (secondary N) is 1. The van der Waals surface area contributed by atoms with Crippen molar-refractivity contribution < 1.29 is 4.74 Å². The zero-order valence-corrected chi connectivity index (χ0v) is 13.4. The lowest BCUT2D eigenvalue weighted by atomic mass is 10.00. The topological polar surface area (TPSA) is 33.6 Å². The molecule has 0 aromatic rings. The molecule has 0 atom stereocenters. The van der Waals surface area contributed by atoms with Crippen molar-refractivity contribution in [2.75, 3.05) is 20.2 Å². The number of aliphatic imine (C=N–C) groups is 1. The summed E-state index contributed by atoms with van der Waals surface area (Å²) < 4.78 is 5.29. The summed E-state index contributed by atoms with van der Waals surface area (Å²) in [5.41, 5.74) is 3.56. The number of amidine groups is 1. The van der Waals surface area contributed by atoms with E-state index in [1.807, 2.05) is 12.2 Å². The molecule has 1 heterocycles. The number of methoxy groups -OCH3 is 1. The lowest BCUT2D eigenvalue weighted by Gasteiger charge is -2.07. The average molecular weight is 296 g/mol. The van der Waals surface area contributed by atoms with Crippen molar-refractivity contribution in [2.45, 2.75) is 19.8 Å². The smallest absolute Gasteiger partial charge is 0.115 e. The highest BCUT2D eigenvalue weighted by Gasteiger charge is 2.08. The maximum atomic E-state index is 5.29. The minimum Gasteiger partial charge on any atom is -0.497 e. The van der Waals surface area contributed by atoms with Crippen LogP contribution in [0.2, 0.25) is 0 Å². The monoisotopic (exact) mass is 296 g/mol. The van der Waals surface area contributed by atoms with Gasteiger partial charge in [0.1, 0.15) is 11.6 Å². The van der Waals surface area contributed by atoms with E-state index in [0.29, 0.717) is 0 Å². The molecule has 0 radical (unpaired) electrons. The van der Waals surface area contributed by atoms with E-state index < -0.39 is 0 Å². The Morgan fingerprint density at radius 3 is 2.91 bits per heavy atom. The highest BCUT2D eigenvalue weighted by atomic mass is 16.5. The predicted molar refractivity (Wildman–Crippen MR) is 93.9 cm³/mol. The van der Waals surface area contributed by atoms with Crippen LogP contribution < -0.4 is 5.32 Å². The first-order valence-electron chi connectivity index (χ1n) is 7.66. The van der Waals surface area contributed by atoms with Crippen molar-refractivity contribution >= 4 is 5.84 Å². The molecule has 0 aromatic heterocycles. The number of allylic oxidation sites excluding steroid dienone is 9. The van der Waals surface area contributed by atoms with Crippen LogP contribution in [0.25, 0.3) is 0 Å². The lowest BCUT2D eigenvalue weighted by Crippen LogP contribution is -2.18. The van der Waals surface area contributed by atoms with Gasteiger partial charge >= 0.3 is 0 Å². The van der Waals surface area contributed by atoms with Crippen molar-refractivity contribution in [3.63, 3.8) is 0 Å². The molecule has 0 bridgehead atoms. The summed E-state index contributed by atoms with van der Waals surface area (Å²) in [7, 11) is 1.70. The van der Waals surface area contributed by atoms with E-state index in [2.05, 4.69) is 54.2 Å². The van der Waals surface area contributed by atoms with Crippen LogP contribution in [0.1, 0.15) is 19.8 Å². The van der Waals surface area contributed by atoms with Gasteiger partial charge in [0.05, 0.1) is 13.7 Å². The van der Waals surface area contributed by atoms with Crippen LogP contribution in [0.3, 0.4) is 0 Å². The fourth-order valence-electron chi connectivity index (χ4n) is 2.45. The molecule has 1 aliphatic heterocycles. The molecule has 0 saturated carbocycles. The normalized spacial score (nSPS) is 18.9. The Morgan fingerprint density at radius 1 is 1.41 bits per heavy atom. The highest BCUT2D eigenvalue weighted by molar-refractivity contribution is 5.86. The first kappa shape index (κ1) is 16.1. The summed E-state index contributed by atoms with van der Waals surface area (Å²) in [6.45, 7) is 7.80. The molecule has 1 N–H and O–H groups in total. The Bertz CT molecular complexity index is 601. The second-order valence-electron chi connectivity index (χ2n) is 5.14. The summed E-state index contributed by atoms with van der Waals surface area (Å²) >= 11 is 0. The molecule has 3 nitrogen and oxygen atoms in total. The molecular formula is C19H24N2O. The van der Waals surface area contributed by atoms with Crippen LogP contribution in [0, 0.1) is 0 Å². The van der Waals surface area contributed by atoms with Gasteiger partial charge in [0.15, 0.2) is 0 Å². The van der Waals surface area contributed by atoms with Gasteiger partial charge in [-0.25, -0.2) is 0 Å². The third kappa shape index (κ3) is 4.35. The van der Waals surface area contributed by atoms with Gasteiger partial charge in [0.25, 0.3) is 0 Å². The molecule has 116 valence electrons. The van der Waals surface area contributed by atoms with Gasteiger partial charge in [-0.15, -0.1) is 0 Å². The average Bonchev–Trinajstić information content (AvgIpc) is 2.94. The fraction of sp³-hybridized carbons (Fsp3) is 0.316. The van der Waals surface area contributed by atoms with Gasteiger partial charge in [0.2, 0.25) is 0 Å². The molecular weight excluding hydrogens is 272 g/mol. The zero-order chi connectivity index (χ0) is 15.8. The maximum absolute atomic E-state index is 5.29. The third-order valence-corrected chi connectivity index (χ3v) is 3.68. The highest BCUT2D eigenvalue weighted by Crippen LogP contribution is 2.21. The van der Waals surface area contributed by atoms with E-state index in [9.17, 15) is 0 Å². The molecule has 2 rings (SSSR count). The van der Waals surface area contributed by atoms with Crippen molar-refractivity contribution in [3.8, 4) is 0 Å². The minimum atomic E-state index is 0.805. The Labute approximate surface area is 133 Å². The standard InChI is InChI=1S/C19H24N2O/c1-4-15(14-19-20-11-12-21-19)13-16(5-2)17-7-6-8-18(22-3)10-9-17/h4-5,7-10,13H,1,6,11-12,14H2,2-3H3,(H,20,21)/b15-13+,16-5+. The molecule has 0 amide bonds. The number of nitrogens with zero attached hydrogens (tertiary/aromatic N) is 1. The molecule has 0 saturated heterocycles. The summed E-state index contributed by atoms with van der Waals surface area (Å²) in [5, 5.41) is 3.30. The summed E-state index contributed by atoms with van der Waals surface area (Å²) in [5.74, 6) is 1.95. The molecule has 3 heteroatoms. The number of hydrogen-bond donors (Lipinski definition) is 1. The molecule has 0 spiro atoms. The number of ether oxygens (including phenoxy) is 1. The van der Waals surface area contributed by atoms with E-state index in [1.165, 1.54) is 16.7 Å². The molecule has 2 aliphatic rings. The fourth-order valence-corrected chi connectivity index (χ4v) is 2.45. The van der Waals surface area contributed by atoms with Crippen LogP contribution in [0.4, 0.5) is 0 Å². The predicted octanol–water partition coefficient (Wildman–Crippen LogP) is 3.85.